The maximum Gasteiger partial charge on any atom is 0.139 e. The highest BCUT2D eigenvalue weighted by molar-refractivity contribution is 5.95. The van der Waals surface area contributed by atoms with Crippen molar-refractivity contribution in [2.45, 2.75) is 34.1 Å². The summed E-state index contributed by atoms with van der Waals surface area (Å²) >= 11 is 0. The number of nitrogens with zero attached hydrogens (tertiary/aromatic N) is 6. The average molecular weight is 504 g/mol. The number of pyridine rings is 3. The van der Waals surface area contributed by atoms with Crippen LogP contribution in [0.5, 0.6) is 0 Å². The molecule has 9 heteroatoms. The standard InChI is InChI=1S/C29H29N9/c1-17(12-29(3,4)5)33-20-10-19(13-30-14-20)22-6-7-23-26(34-22)27(37-36-23)24-11-21-25(8-9-31-28(21)35-24)38-15-18(2)32-16-38/h6-11,13-16,33H,1,12H2,2-5H3,(H,31,35)(H,36,37). The molecule has 0 fully saturated rings. The molecule has 0 atom stereocenters. The van der Waals surface area contributed by atoms with Gasteiger partial charge in [0.25, 0.3) is 0 Å². The van der Waals surface area contributed by atoms with Crippen molar-refractivity contribution in [1.29, 1.82) is 0 Å². The molecular weight excluding hydrogens is 474 g/mol. The van der Waals surface area contributed by atoms with Gasteiger partial charge >= 0.3 is 0 Å². The fraction of sp³-hybridized carbons (Fsp3) is 0.207. The van der Waals surface area contributed by atoms with Gasteiger partial charge in [-0.05, 0) is 49.1 Å². The second-order valence-corrected chi connectivity index (χ2v) is 10.8. The van der Waals surface area contributed by atoms with Crippen LogP contribution < -0.4 is 5.32 Å². The number of nitrogens with one attached hydrogen (secondary N) is 3. The quantitative estimate of drug-likeness (QED) is 0.242. The number of hydrogen-bond acceptors (Lipinski definition) is 6. The number of aromatic nitrogens is 8. The van der Waals surface area contributed by atoms with E-state index >= 15 is 0 Å². The number of H-pyrrole nitrogens is 2. The number of aryl methyl sites for hydroxylation is 1. The molecule has 0 amide bonds. The van der Waals surface area contributed by atoms with Gasteiger partial charge in [0.1, 0.15) is 16.9 Å². The van der Waals surface area contributed by atoms with Crippen molar-refractivity contribution in [1.82, 2.24) is 39.7 Å². The predicted octanol–water partition coefficient (Wildman–Crippen LogP) is 6.42. The van der Waals surface area contributed by atoms with Crippen molar-refractivity contribution in [2.75, 3.05) is 5.32 Å². The Morgan fingerprint density at radius 2 is 1.97 bits per heavy atom. The van der Waals surface area contributed by atoms with E-state index in [1.165, 1.54) is 0 Å². The fourth-order valence-corrected chi connectivity index (χ4v) is 4.70. The number of allylic oxidation sites excluding steroid dienone is 1. The van der Waals surface area contributed by atoms with Gasteiger partial charge < -0.3 is 14.9 Å². The lowest BCUT2D eigenvalue weighted by Gasteiger charge is -2.20. The molecule has 9 nitrogen and oxygen atoms in total. The lowest BCUT2D eigenvalue weighted by Crippen LogP contribution is -2.10. The summed E-state index contributed by atoms with van der Waals surface area (Å²) in [4.78, 5) is 21.7. The highest BCUT2D eigenvalue weighted by atomic mass is 15.1. The number of imidazole rings is 1. The molecule has 3 N–H and O–H groups in total. The molecular formula is C29H29N9. The second-order valence-electron chi connectivity index (χ2n) is 10.8. The molecule has 6 aromatic heterocycles. The topological polar surface area (TPSA) is 113 Å². The van der Waals surface area contributed by atoms with Gasteiger partial charge in [0, 0.05) is 35.2 Å². The number of rotatable bonds is 6. The zero-order valence-electron chi connectivity index (χ0n) is 21.9. The van der Waals surface area contributed by atoms with E-state index in [4.69, 9.17) is 4.98 Å². The molecule has 0 unspecified atom stereocenters. The zero-order valence-corrected chi connectivity index (χ0v) is 21.9. The lowest BCUT2D eigenvalue weighted by atomic mass is 9.91. The Hall–Kier alpha value is -4.79. The summed E-state index contributed by atoms with van der Waals surface area (Å²) in [6.45, 7) is 12.7. The second kappa shape index (κ2) is 8.95. The number of hydrogen-bond donors (Lipinski definition) is 3. The molecule has 0 bridgehead atoms. The Bertz CT molecular complexity index is 1800. The van der Waals surface area contributed by atoms with Gasteiger partial charge in [0.05, 0.1) is 46.5 Å². The molecule has 0 aliphatic heterocycles. The van der Waals surface area contributed by atoms with Crippen LogP contribution in [0.3, 0.4) is 0 Å². The molecule has 0 saturated heterocycles. The predicted molar refractivity (Wildman–Crippen MR) is 151 cm³/mol. The van der Waals surface area contributed by atoms with Gasteiger partial charge in [-0.25, -0.2) is 15.0 Å². The summed E-state index contributed by atoms with van der Waals surface area (Å²) in [5.41, 5.74) is 9.60. The number of fused-ring (bicyclic) bond motifs is 2. The summed E-state index contributed by atoms with van der Waals surface area (Å²) < 4.78 is 2.00. The van der Waals surface area contributed by atoms with Crippen molar-refractivity contribution < 1.29 is 0 Å². The monoisotopic (exact) mass is 503 g/mol. The van der Waals surface area contributed by atoms with Crippen LogP contribution in [0, 0.1) is 12.3 Å². The fourth-order valence-electron chi connectivity index (χ4n) is 4.70. The van der Waals surface area contributed by atoms with Gasteiger partial charge in [0.2, 0.25) is 0 Å². The minimum Gasteiger partial charge on any atom is -0.358 e. The van der Waals surface area contributed by atoms with Crippen LogP contribution in [0.4, 0.5) is 5.69 Å². The summed E-state index contributed by atoms with van der Waals surface area (Å²) in [6, 6.07) is 10.0. The highest BCUT2D eigenvalue weighted by Gasteiger charge is 2.17. The van der Waals surface area contributed by atoms with Crippen molar-refractivity contribution in [3.63, 3.8) is 0 Å². The summed E-state index contributed by atoms with van der Waals surface area (Å²) in [6.07, 6.45) is 10.1. The van der Waals surface area contributed by atoms with E-state index in [0.717, 1.165) is 73.9 Å². The van der Waals surface area contributed by atoms with E-state index < -0.39 is 0 Å². The van der Waals surface area contributed by atoms with Crippen LogP contribution in [-0.2, 0) is 0 Å². The number of anilines is 1. The van der Waals surface area contributed by atoms with Crippen LogP contribution in [0.15, 0.2) is 73.7 Å². The van der Waals surface area contributed by atoms with E-state index in [1.54, 1.807) is 12.4 Å². The van der Waals surface area contributed by atoms with Crippen molar-refractivity contribution in [3.05, 3.63) is 79.4 Å². The molecule has 0 spiro atoms. The summed E-state index contributed by atoms with van der Waals surface area (Å²) in [5.74, 6) is 0. The minimum atomic E-state index is 0.149. The van der Waals surface area contributed by atoms with E-state index in [-0.39, 0.29) is 5.41 Å². The zero-order chi connectivity index (χ0) is 26.4. The normalized spacial score (nSPS) is 11.9. The minimum absolute atomic E-state index is 0.149. The molecule has 0 aromatic carbocycles. The van der Waals surface area contributed by atoms with Gasteiger partial charge in [-0.2, -0.15) is 5.10 Å². The van der Waals surface area contributed by atoms with Gasteiger partial charge in [-0.15, -0.1) is 0 Å². The summed E-state index contributed by atoms with van der Waals surface area (Å²) in [5, 5.41) is 12.1. The molecule has 6 rings (SSSR count). The maximum absolute atomic E-state index is 4.98. The van der Waals surface area contributed by atoms with Gasteiger partial charge in [-0.1, -0.05) is 27.4 Å². The molecule has 38 heavy (non-hydrogen) atoms. The Morgan fingerprint density at radius 1 is 1.11 bits per heavy atom. The van der Waals surface area contributed by atoms with Gasteiger partial charge in [0.15, 0.2) is 0 Å². The van der Waals surface area contributed by atoms with E-state index in [0.29, 0.717) is 0 Å². The molecule has 0 aliphatic rings. The first-order valence-electron chi connectivity index (χ1n) is 12.5. The smallest absolute Gasteiger partial charge is 0.139 e. The van der Waals surface area contributed by atoms with E-state index in [1.807, 2.05) is 54.5 Å². The molecule has 0 saturated carbocycles. The van der Waals surface area contributed by atoms with Crippen molar-refractivity contribution in [3.8, 4) is 28.3 Å². The van der Waals surface area contributed by atoms with Crippen molar-refractivity contribution >= 4 is 27.8 Å². The van der Waals surface area contributed by atoms with E-state index in [2.05, 4.69) is 68.9 Å². The first-order valence-corrected chi connectivity index (χ1v) is 12.5. The van der Waals surface area contributed by atoms with Crippen LogP contribution >= 0.6 is 0 Å². The SMILES string of the molecule is C=C(CC(C)(C)C)Nc1cncc(-c2ccc3[nH]nc(-c4cc5c(-n6cnc(C)c6)ccnc5[nH]4)c3n2)c1. The highest BCUT2D eigenvalue weighted by Crippen LogP contribution is 2.32. The van der Waals surface area contributed by atoms with Crippen molar-refractivity contribution in [2.24, 2.45) is 5.41 Å². The lowest BCUT2D eigenvalue weighted by molar-refractivity contribution is 0.411. The van der Waals surface area contributed by atoms with Crippen LogP contribution in [0.25, 0.3) is 50.4 Å². The number of aromatic amines is 2. The third-order valence-electron chi connectivity index (χ3n) is 6.26. The van der Waals surface area contributed by atoms with Gasteiger partial charge in [-0.3, -0.25) is 10.1 Å². The molecule has 6 heterocycles. The third kappa shape index (κ3) is 4.54. The first-order chi connectivity index (χ1) is 18.2. The van der Waals surface area contributed by atoms with E-state index in [9.17, 15) is 0 Å². The Morgan fingerprint density at radius 3 is 2.76 bits per heavy atom. The average Bonchev–Trinajstić information content (AvgIpc) is 3.60. The van der Waals surface area contributed by atoms with Crippen LogP contribution in [0.1, 0.15) is 32.9 Å². The molecule has 190 valence electrons. The first kappa shape index (κ1) is 23.6. The third-order valence-corrected chi connectivity index (χ3v) is 6.26. The Labute approximate surface area is 220 Å². The van der Waals surface area contributed by atoms with Crippen LogP contribution in [0.2, 0.25) is 0 Å². The molecule has 0 radical (unpaired) electrons. The maximum atomic E-state index is 4.98. The Balaban J connectivity index is 1.36. The summed E-state index contributed by atoms with van der Waals surface area (Å²) in [7, 11) is 0. The Kier molecular flexibility index (Phi) is 5.56. The molecule has 6 aromatic rings. The van der Waals surface area contributed by atoms with Crippen LogP contribution in [-0.4, -0.2) is 39.7 Å². The molecule has 0 aliphatic carbocycles. The largest absolute Gasteiger partial charge is 0.358 e.